The zero-order valence-electron chi connectivity index (χ0n) is 15.7. The summed E-state index contributed by atoms with van der Waals surface area (Å²) in [5.74, 6) is -0.177. The summed E-state index contributed by atoms with van der Waals surface area (Å²) in [6.45, 7) is 1.96. The van der Waals surface area contributed by atoms with Gasteiger partial charge >= 0.3 is 0 Å². The molecule has 0 saturated carbocycles. The van der Waals surface area contributed by atoms with Crippen molar-refractivity contribution in [2.24, 2.45) is 0 Å². The average molecular weight is 378 g/mol. The summed E-state index contributed by atoms with van der Waals surface area (Å²) in [6, 6.07) is 15.1. The molecule has 0 spiro atoms. The highest BCUT2D eigenvalue weighted by molar-refractivity contribution is 6.04. The van der Waals surface area contributed by atoms with Crippen LogP contribution in [0.2, 0.25) is 0 Å². The van der Waals surface area contributed by atoms with E-state index in [1.165, 1.54) is 11.0 Å². The molecular weight excluding hydrogens is 356 g/mol. The largest absolute Gasteiger partial charge is 0.381 e. The van der Waals surface area contributed by atoms with Crippen LogP contribution in [0.15, 0.2) is 54.9 Å². The Kier molecular flexibility index (Phi) is 5.29. The molecule has 28 heavy (non-hydrogen) atoms. The van der Waals surface area contributed by atoms with Crippen LogP contribution in [-0.2, 0) is 4.74 Å². The number of tetrazole rings is 1. The Morgan fingerprint density at radius 3 is 2.57 bits per heavy atom. The molecule has 0 aliphatic carbocycles. The van der Waals surface area contributed by atoms with Crippen LogP contribution in [0.1, 0.15) is 23.2 Å². The van der Waals surface area contributed by atoms with Gasteiger partial charge in [0.05, 0.1) is 11.8 Å². The molecule has 1 aliphatic heterocycles. The summed E-state index contributed by atoms with van der Waals surface area (Å²) in [5, 5.41) is 14.0. The number of piperidine rings is 1. The van der Waals surface area contributed by atoms with E-state index in [1.54, 1.807) is 25.3 Å². The van der Waals surface area contributed by atoms with Crippen molar-refractivity contribution in [1.29, 1.82) is 0 Å². The molecule has 1 aromatic heterocycles. The average Bonchev–Trinajstić information content (AvgIpc) is 3.29. The highest BCUT2D eigenvalue weighted by atomic mass is 16.5. The lowest BCUT2D eigenvalue weighted by Gasteiger charge is -2.33. The summed E-state index contributed by atoms with van der Waals surface area (Å²) in [6.07, 6.45) is 3.92. The van der Waals surface area contributed by atoms with Crippen molar-refractivity contribution in [3.63, 3.8) is 0 Å². The third kappa shape index (κ3) is 4.01. The summed E-state index contributed by atoms with van der Waals surface area (Å²) in [5.41, 5.74) is 3.19. The van der Waals surface area contributed by atoms with E-state index in [4.69, 9.17) is 4.74 Å². The maximum absolute atomic E-state index is 12.6. The van der Waals surface area contributed by atoms with Crippen LogP contribution in [-0.4, -0.2) is 52.4 Å². The quantitative estimate of drug-likeness (QED) is 0.734. The van der Waals surface area contributed by atoms with E-state index in [9.17, 15) is 4.79 Å². The lowest BCUT2D eigenvalue weighted by molar-refractivity contribution is 0.0819. The zero-order chi connectivity index (χ0) is 19.3. The van der Waals surface area contributed by atoms with Crippen LogP contribution in [0.3, 0.4) is 0 Å². The van der Waals surface area contributed by atoms with Crippen molar-refractivity contribution in [1.82, 2.24) is 20.2 Å². The van der Waals surface area contributed by atoms with E-state index in [1.807, 2.05) is 30.3 Å². The van der Waals surface area contributed by atoms with Gasteiger partial charge in [-0.1, -0.05) is 6.07 Å². The molecule has 0 bridgehead atoms. The fraction of sp³-hybridized carbons (Fsp3) is 0.300. The lowest BCUT2D eigenvalue weighted by atomic mass is 10.1. The first kappa shape index (κ1) is 18.1. The van der Waals surface area contributed by atoms with Gasteiger partial charge in [-0.2, -0.15) is 0 Å². The fourth-order valence-electron chi connectivity index (χ4n) is 3.38. The van der Waals surface area contributed by atoms with Crippen LogP contribution in [0.25, 0.3) is 5.69 Å². The topological polar surface area (TPSA) is 85.2 Å². The van der Waals surface area contributed by atoms with E-state index < -0.39 is 0 Å². The van der Waals surface area contributed by atoms with Crippen LogP contribution in [0.4, 0.5) is 11.4 Å². The zero-order valence-corrected chi connectivity index (χ0v) is 15.7. The minimum absolute atomic E-state index is 0.177. The number of ether oxygens (including phenoxy) is 1. The van der Waals surface area contributed by atoms with Gasteiger partial charge < -0.3 is 15.0 Å². The molecule has 1 amide bonds. The molecule has 2 heterocycles. The molecule has 4 rings (SSSR count). The molecule has 3 aromatic rings. The molecule has 1 N–H and O–H groups in total. The molecule has 0 radical (unpaired) electrons. The predicted molar refractivity (Wildman–Crippen MR) is 106 cm³/mol. The van der Waals surface area contributed by atoms with Crippen molar-refractivity contribution >= 4 is 17.3 Å². The highest BCUT2D eigenvalue weighted by Gasteiger charge is 2.18. The number of rotatable bonds is 5. The molecule has 0 atom stereocenters. The number of carbonyl (C=O) groups excluding carboxylic acids is 1. The third-order valence-corrected chi connectivity index (χ3v) is 4.99. The van der Waals surface area contributed by atoms with Gasteiger partial charge in [-0.25, -0.2) is 4.68 Å². The number of hydrogen-bond acceptors (Lipinski definition) is 6. The maximum atomic E-state index is 12.6. The van der Waals surface area contributed by atoms with E-state index in [0.717, 1.165) is 43.0 Å². The number of benzene rings is 2. The minimum atomic E-state index is -0.177. The number of methoxy groups -OCH3 is 1. The minimum Gasteiger partial charge on any atom is -0.381 e. The molecule has 8 heteroatoms. The number of aromatic nitrogens is 4. The van der Waals surface area contributed by atoms with Gasteiger partial charge in [-0.15, -0.1) is 5.10 Å². The van der Waals surface area contributed by atoms with Crippen molar-refractivity contribution in [2.75, 3.05) is 30.4 Å². The summed E-state index contributed by atoms with van der Waals surface area (Å²) >= 11 is 0. The van der Waals surface area contributed by atoms with E-state index >= 15 is 0 Å². The molecule has 2 aromatic carbocycles. The van der Waals surface area contributed by atoms with Crippen LogP contribution in [0.5, 0.6) is 0 Å². The standard InChI is InChI=1S/C20H22N6O2/c1-28-19-9-11-25(12-10-19)17-7-5-16(6-8-17)22-20(27)15-3-2-4-18(13-15)26-14-21-23-24-26/h2-8,13-14,19H,9-12H2,1H3,(H,22,27). The summed E-state index contributed by atoms with van der Waals surface area (Å²) in [4.78, 5) is 14.9. The lowest BCUT2D eigenvalue weighted by Crippen LogP contribution is -2.36. The van der Waals surface area contributed by atoms with Crippen molar-refractivity contribution < 1.29 is 9.53 Å². The first-order valence-corrected chi connectivity index (χ1v) is 9.25. The number of nitrogens with zero attached hydrogens (tertiary/aromatic N) is 5. The molecule has 0 unspecified atom stereocenters. The molecule has 8 nitrogen and oxygen atoms in total. The maximum Gasteiger partial charge on any atom is 0.255 e. The molecule has 1 saturated heterocycles. The van der Waals surface area contributed by atoms with Gasteiger partial charge in [-0.3, -0.25) is 4.79 Å². The smallest absolute Gasteiger partial charge is 0.255 e. The number of anilines is 2. The van der Waals surface area contributed by atoms with Crippen molar-refractivity contribution in [3.05, 3.63) is 60.4 Å². The second-order valence-electron chi connectivity index (χ2n) is 6.73. The normalized spacial score (nSPS) is 14.8. The van der Waals surface area contributed by atoms with Crippen LogP contribution >= 0.6 is 0 Å². The second kappa shape index (κ2) is 8.18. The first-order valence-electron chi connectivity index (χ1n) is 9.25. The van der Waals surface area contributed by atoms with Gasteiger partial charge in [0.25, 0.3) is 5.91 Å². The number of nitrogens with one attached hydrogen (secondary N) is 1. The molecule has 1 fully saturated rings. The SMILES string of the molecule is COC1CCN(c2ccc(NC(=O)c3cccc(-n4cnnn4)c3)cc2)CC1. The van der Waals surface area contributed by atoms with Crippen LogP contribution < -0.4 is 10.2 Å². The van der Waals surface area contributed by atoms with E-state index in [2.05, 4.69) is 25.7 Å². The number of carbonyl (C=O) groups is 1. The Bertz CT molecular complexity index is 918. The van der Waals surface area contributed by atoms with Crippen molar-refractivity contribution in [2.45, 2.75) is 18.9 Å². The Morgan fingerprint density at radius 2 is 1.89 bits per heavy atom. The van der Waals surface area contributed by atoms with Gasteiger partial charge in [0.15, 0.2) is 0 Å². The van der Waals surface area contributed by atoms with E-state index in [-0.39, 0.29) is 5.91 Å². The Hall–Kier alpha value is -3.26. The third-order valence-electron chi connectivity index (χ3n) is 4.99. The molecular formula is C20H22N6O2. The monoisotopic (exact) mass is 378 g/mol. The van der Waals surface area contributed by atoms with Gasteiger partial charge in [0, 0.05) is 37.1 Å². The molecule has 1 aliphatic rings. The highest BCUT2D eigenvalue weighted by Crippen LogP contribution is 2.23. The van der Waals surface area contributed by atoms with Crippen LogP contribution in [0, 0.1) is 0 Å². The number of amides is 1. The van der Waals surface area contributed by atoms with Gasteiger partial charge in [0.1, 0.15) is 6.33 Å². The summed E-state index contributed by atoms with van der Waals surface area (Å²) < 4.78 is 6.94. The second-order valence-corrected chi connectivity index (χ2v) is 6.73. The Labute approximate surface area is 163 Å². The predicted octanol–water partition coefficient (Wildman–Crippen LogP) is 2.53. The molecule has 144 valence electrons. The van der Waals surface area contributed by atoms with Gasteiger partial charge in [0.2, 0.25) is 0 Å². The fourth-order valence-corrected chi connectivity index (χ4v) is 3.38. The Balaban J connectivity index is 1.41. The van der Waals surface area contributed by atoms with E-state index in [0.29, 0.717) is 11.7 Å². The Morgan fingerprint density at radius 1 is 1.11 bits per heavy atom. The number of hydrogen-bond donors (Lipinski definition) is 1. The first-order chi connectivity index (χ1) is 13.7. The van der Waals surface area contributed by atoms with Gasteiger partial charge in [-0.05, 0) is 65.7 Å². The van der Waals surface area contributed by atoms with Crippen molar-refractivity contribution in [3.8, 4) is 5.69 Å². The summed E-state index contributed by atoms with van der Waals surface area (Å²) in [7, 11) is 1.77.